The largest absolute Gasteiger partial charge is 0.478 e. The number of carboxylic acid groups (broad SMARTS) is 1. The Balaban J connectivity index is 2.60. The number of rotatable bonds is 3. The van der Waals surface area contributed by atoms with Crippen LogP contribution in [0.1, 0.15) is 27.3 Å². The Bertz CT molecular complexity index is 465. The monoisotopic (exact) mass is 272 g/mol. The van der Waals surface area contributed by atoms with E-state index < -0.39 is 5.97 Å². The van der Waals surface area contributed by atoms with Crippen molar-refractivity contribution in [1.82, 2.24) is 10.3 Å². The number of aromatic nitrogens is 1. The lowest BCUT2D eigenvalue weighted by Gasteiger charge is -2.19. The predicted molar refractivity (Wildman–Crippen MR) is 68.8 cm³/mol. The molecule has 92 valence electrons. The highest BCUT2D eigenvalue weighted by Crippen LogP contribution is 2.32. The van der Waals surface area contributed by atoms with Crippen LogP contribution in [0.3, 0.4) is 0 Å². The van der Waals surface area contributed by atoms with E-state index in [1.165, 1.54) is 0 Å². The van der Waals surface area contributed by atoms with Crippen LogP contribution >= 0.6 is 23.4 Å². The van der Waals surface area contributed by atoms with Crippen LogP contribution in [-0.2, 0) is 18.7 Å². The molecular formula is C11H13ClN2O2S. The van der Waals surface area contributed by atoms with E-state index in [2.05, 4.69) is 10.3 Å². The number of nitrogens with one attached hydrogen (secondary N) is 1. The third-order valence-electron chi connectivity index (χ3n) is 2.68. The lowest BCUT2D eigenvalue weighted by Crippen LogP contribution is -2.17. The minimum atomic E-state index is -0.964. The minimum Gasteiger partial charge on any atom is -0.478 e. The lowest BCUT2D eigenvalue weighted by atomic mass is 10.0. The second-order valence-electron chi connectivity index (χ2n) is 3.81. The zero-order valence-corrected chi connectivity index (χ0v) is 11.0. The van der Waals surface area contributed by atoms with Crippen molar-refractivity contribution >= 4 is 29.3 Å². The Morgan fingerprint density at radius 2 is 2.41 bits per heavy atom. The summed E-state index contributed by atoms with van der Waals surface area (Å²) in [6, 6.07) is 0. The minimum absolute atomic E-state index is 0.231. The van der Waals surface area contributed by atoms with Gasteiger partial charge in [-0.1, -0.05) is 11.6 Å². The summed E-state index contributed by atoms with van der Waals surface area (Å²) >= 11 is 7.85. The molecule has 0 amide bonds. The molecule has 0 aliphatic carbocycles. The van der Waals surface area contributed by atoms with Gasteiger partial charge in [0.1, 0.15) is 0 Å². The molecule has 2 N–H and O–H groups in total. The molecule has 17 heavy (non-hydrogen) atoms. The number of nitrogens with zero attached hydrogens (tertiary/aromatic N) is 1. The zero-order chi connectivity index (χ0) is 12.4. The SMILES string of the molecule is CNCc1nc2c(c(C(=O)O)c1Cl)CSCC2. The van der Waals surface area contributed by atoms with E-state index >= 15 is 0 Å². The fraction of sp³-hybridized carbons (Fsp3) is 0.455. The standard InChI is InChI=1S/C11H13ClN2O2S/c1-13-4-8-10(12)9(11(15)16)6-5-17-3-2-7(6)14-8/h13H,2-5H2,1H3,(H,15,16). The molecule has 0 saturated carbocycles. The number of hydrogen-bond acceptors (Lipinski definition) is 4. The summed E-state index contributed by atoms with van der Waals surface area (Å²) in [5.41, 5.74) is 2.53. The number of carboxylic acids is 1. The first kappa shape index (κ1) is 12.7. The van der Waals surface area contributed by atoms with Gasteiger partial charge in [0.2, 0.25) is 0 Å². The van der Waals surface area contributed by atoms with Gasteiger partial charge in [-0.3, -0.25) is 4.98 Å². The Hall–Kier alpha value is -0.780. The van der Waals surface area contributed by atoms with Crippen molar-refractivity contribution in [3.05, 3.63) is 27.5 Å². The van der Waals surface area contributed by atoms with Gasteiger partial charge in [-0.15, -0.1) is 0 Å². The molecular weight excluding hydrogens is 260 g/mol. The van der Waals surface area contributed by atoms with Crippen LogP contribution in [0.25, 0.3) is 0 Å². The van der Waals surface area contributed by atoms with Crippen molar-refractivity contribution in [1.29, 1.82) is 0 Å². The van der Waals surface area contributed by atoms with Crippen molar-refractivity contribution in [2.24, 2.45) is 0 Å². The van der Waals surface area contributed by atoms with Gasteiger partial charge in [0.05, 0.1) is 16.3 Å². The highest BCUT2D eigenvalue weighted by molar-refractivity contribution is 7.98. The van der Waals surface area contributed by atoms with Gasteiger partial charge in [-0.2, -0.15) is 11.8 Å². The van der Waals surface area contributed by atoms with E-state index in [9.17, 15) is 9.90 Å². The van der Waals surface area contributed by atoms with E-state index in [0.717, 1.165) is 23.4 Å². The number of halogens is 1. The molecule has 0 saturated heterocycles. The molecule has 0 aromatic carbocycles. The normalized spacial score (nSPS) is 14.5. The number of fused-ring (bicyclic) bond motifs is 1. The quantitative estimate of drug-likeness (QED) is 0.881. The number of thioether (sulfide) groups is 1. The van der Waals surface area contributed by atoms with Gasteiger partial charge < -0.3 is 10.4 Å². The Labute approximate surface area is 109 Å². The van der Waals surface area contributed by atoms with Crippen LogP contribution in [-0.4, -0.2) is 28.9 Å². The maximum absolute atomic E-state index is 11.3. The van der Waals surface area contributed by atoms with Gasteiger partial charge >= 0.3 is 5.97 Å². The van der Waals surface area contributed by atoms with E-state index in [1.807, 2.05) is 0 Å². The first-order chi connectivity index (χ1) is 8.15. The first-order valence-corrected chi connectivity index (χ1v) is 6.84. The number of aryl methyl sites for hydroxylation is 1. The van der Waals surface area contributed by atoms with Crippen LogP contribution in [0.15, 0.2) is 0 Å². The fourth-order valence-electron chi connectivity index (χ4n) is 1.91. The van der Waals surface area contributed by atoms with E-state index in [-0.39, 0.29) is 10.6 Å². The maximum atomic E-state index is 11.3. The Morgan fingerprint density at radius 3 is 3.06 bits per heavy atom. The van der Waals surface area contributed by atoms with Crippen molar-refractivity contribution < 1.29 is 9.90 Å². The first-order valence-electron chi connectivity index (χ1n) is 5.31. The van der Waals surface area contributed by atoms with Crippen LogP contribution in [0.2, 0.25) is 5.02 Å². The Morgan fingerprint density at radius 1 is 1.65 bits per heavy atom. The topological polar surface area (TPSA) is 62.2 Å². The van der Waals surface area contributed by atoms with Gasteiger partial charge in [0.25, 0.3) is 0 Å². The molecule has 4 nitrogen and oxygen atoms in total. The number of pyridine rings is 1. The second kappa shape index (κ2) is 5.25. The smallest absolute Gasteiger partial charge is 0.337 e. The summed E-state index contributed by atoms with van der Waals surface area (Å²) < 4.78 is 0. The molecule has 2 rings (SSSR count). The van der Waals surface area contributed by atoms with Gasteiger partial charge in [0.15, 0.2) is 0 Å². The molecule has 0 bridgehead atoms. The highest BCUT2D eigenvalue weighted by Gasteiger charge is 2.24. The van der Waals surface area contributed by atoms with Gasteiger partial charge in [-0.05, 0) is 24.8 Å². The number of aromatic carboxylic acids is 1. The summed E-state index contributed by atoms with van der Waals surface area (Å²) in [7, 11) is 1.79. The summed E-state index contributed by atoms with van der Waals surface area (Å²) in [4.78, 5) is 15.8. The molecule has 6 heteroatoms. The van der Waals surface area contributed by atoms with Gasteiger partial charge in [0, 0.05) is 18.0 Å². The Kier molecular flexibility index (Phi) is 3.91. The van der Waals surface area contributed by atoms with Crippen LogP contribution < -0.4 is 5.32 Å². The third kappa shape index (κ3) is 2.41. The number of hydrogen-bond donors (Lipinski definition) is 2. The fourth-order valence-corrected chi connectivity index (χ4v) is 3.21. The summed E-state index contributed by atoms with van der Waals surface area (Å²) in [5.74, 6) is 0.705. The third-order valence-corrected chi connectivity index (χ3v) is 4.07. The molecule has 1 aromatic rings. The maximum Gasteiger partial charge on any atom is 0.337 e. The van der Waals surface area contributed by atoms with Crippen LogP contribution in [0.4, 0.5) is 0 Å². The van der Waals surface area contributed by atoms with Crippen molar-refractivity contribution in [2.75, 3.05) is 12.8 Å². The molecule has 0 radical (unpaired) electrons. The van der Waals surface area contributed by atoms with Crippen molar-refractivity contribution in [2.45, 2.75) is 18.7 Å². The predicted octanol–water partition coefficient (Wildman–Crippen LogP) is 1.94. The summed E-state index contributed by atoms with van der Waals surface area (Å²) in [6.45, 7) is 0.486. The molecule has 2 heterocycles. The number of carbonyl (C=O) groups is 1. The van der Waals surface area contributed by atoms with E-state index in [1.54, 1.807) is 18.8 Å². The molecule has 0 atom stereocenters. The van der Waals surface area contributed by atoms with Crippen molar-refractivity contribution in [3.8, 4) is 0 Å². The molecule has 0 fully saturated rings. The van der Waals surface area contributed by atoms with Crippen molar-refractivity contribution in [3.63, 3.8) is 0 Å². The molecule has 1 aliphatic rings. The molecule has 0 unspecified atom stereocenters. The highest BCUT2D eigenvalue weighted by atomic mass is 35.5. The average Bonchev–Trinajstić information content (AvgIpc) is 2.30. The van der Waals surface area contributed by atoms with Gasteiger partial charge in [-0.25, -0.2) is 4.79 Å². The molecule has 1 aromatic heterocycles. The van der Waals surface area contributed by atoms with Crippen LogP contribution in [0, 0.1) is 0 Å². The molecule has 1 aliphatic heterocycles. The lowest BCUT2D eigenvalue weighted by molar-refractivity contribution is 0.0695. The average molecular weight is 273 g/mol. The zero-order valence-electron chi connectivity index (χ0n) is 9.42. The van der Waals surface area contributed by atoms with E-state index in [4.69, 9.17) is 11.6 Å². The van der Waals surface area contributed by atoms with Crippen LogP contribution in [0.5, 0.6) is 0 Å². The molecule has 0 spiro atoms. The summed E-state index contributed by atoms with van der Waals surface area (Å²) in [5, 5.41) is 12.5. The second-order valence-corrected chi connectivity index (χ2v) is 5.29. The summed E-state index contributed by atoms with van der Waals surface area (Å²) in [6.07, 6.45) is 0.814. The van der Waals surface area contributed by atoms with E-state index in [0.29, 0.717) is 18.0 Å².